The van der Waals surface area contributed by atoms with Crippen LogP contribution in [0, 0.1) is 11.8 Å². The Morgan fingerprint density at radius 3 is 2.45 bits per heavy atom. The van der Waals surface area contributed by atoms with Crippen LogP contribution in [0.15, 0.2) is 29.2 Å². The Hall–Kier alpha value is -1.36. The van der Waals surface area contributed by atoms with Crippen LogP contribution < -0.4 is 4.74 Å². The van der Waals surface area contributed by atoms with Gasteiger partial charge in [-0.3, -0.25) is 0 Å². The van der Waals surface area contributed by atoms with Crippen molar-refractivity contribution >= 4 is 17.9 Å². The van der Waals surface area contributed by atoms with Crippen LogP contribution in [0.3, 0.4) is 0 Å². The molecule has 4 nitrogen and oxygen atoms in total. The molecule has 0 radical (unpaired) electrons. The lowest BCUT2D eigenvalue weighted by Crippen LogP contribution is -2.39. The maximum atomic E-state index is 12.0. The number of ether oxygens (including phenoxy) is 2. The summed E-state index contributed by atoms with van der Waals surface area (Å²) in [6.45, 7) is 5.17. The number of carbonyl (C=O) groups excluding carboxylic acids is 1. The van der Waals surface area contributed by atoms with Crippen LogP contribution in [0.5, 0.6) is 5.75 Å². The van der Waals surface area contributed by atoms with Gasteiger partial charge in [0.25, 0.3) is 0 Å². The molecule has 1 aromatic carbocycles. The number of hydrogen-bond donors (Lipinski definition) is 0. The van der Waals surface area contributed by atoms with Gasteiger partial charge >= 0.3 is 6.09 Å². The van der Waals surface area contributed by atoms with E-state index in [2.05, 4.69) is 31.2 Å². The van der Waals surface area contributed by atoms with E-state index in [0.29, 0.717) is 12.5 Å². The molecule has 0 unspecified atom stereocenters. The molecule has 1 amide bonds. The van der Waals surface area contributed by atoms with Gasteiger partial charge < -0.3 is 14.4 Å². The second-order valence-electron chi connectivity index (χ2n) is 8.50. The number of carbonyl (C=O) groups is 1. The van der Waals surface area contributed by atoms with E-state index in [0.717, 1.165) is 62.8 Å². The van der Waals surface area contributed by atoms with Crippen LogP contribution in [0.4, 0.5) is 4.79 Å². The monoisotopic (exact) mass is 419 g/mol. The van der Waals surface area contributed by atoms with Crippen molar-refractivity contribution in [2.75, 3.05) is 32.1 Å². The minimum Gasteiger partial charge on any atom is -0.493 e. The van der Waals surface area contributed by atoms with Crippen molar-refractivity contribution in [3.63, 3.8) is 0 Å². The van der Waals surface area contributed by atoms with Crippen molar-refractivity contribution in [1.82, 2.24) is 4.90 Å². The topological polar surface area (TPSA) is 38.8 Å². The van der Waals surface area contributed by atoms with E-state index in [4.69, 9.17) is 9.47 Å². The summed E-state index contributed by atoms with van der Waals surface area (Å²) in [6, 6.07) is 8.59. The number of nitrogens with zero attached hydrogens (tertiary/aromatic N) is 1. The largest absolute Gasteiger partial charge is 0.493 e. The number of amides is 1. The number of thioether (sulfide) groups is 1. The fraction of sp³-hybridized carbons (Fsp3) is 0.708. The number of unbranched alkanes of at least 4 members (excludes halogenated alkanes) is 1. The zero-order valence-electron chi connectivity index (χ0n) is 17.9. The summed E-state index contributed by atoms with van der Waals surface area (Å²) < 4.78 is 11.3. The molecular weight excluding hydrogens is 382 g/mol. The van der Waals surface area contributed by atoms with Gasteiger partial charge in [-0.25, -0.2) is 4.79 Å². The Kier molecular flexibility index (Phi) is 9.52. The zero-order chi connectivity index (χ0) is 20.3. The highest BCUT2D eigenvalue weighted by Gasteiger charge is 2.23. The van der Waals surface area contributed by atoms with Gasteiger partial charge in [0.1, 0.15) is 5.75 Å². The number of piperidine rings is 1. The van der Waals surface area contributed by atoms with Gasteiger partial charge in [0.15, 0.2) is 0 Å². The summed E-state index contributed by atoms with van der Waals surface area (Å²) in [6.07, 6.45) is 10.8. The second kappa shape index (κ2) is 12.4. The summed E-state index contributed by atoms with van der Waals surface area (Å²) in [4.78, 5) is 15.2. The average Bonchev–Trinajstić information content (AvgIpc) is 2.78. The molecular formula is C24H37NO3S. The fourth-order valence-corrected chi connectivity index (χ4v) is 5.18. The molecule has 3 rings (SSSR count). The van der Waals surface area contributed by atoms with Crippen LogP contribution >= 0.6 is 11.8 Å². The van der Waals surface area contributed by atoms with Gasteiger partial charge in [-0.15, -0.1) is 11.8 Å². The molecule has 1 saturated heterocycles. The van der Waals surface area contributed by atoms with E-state index in [1.54, 1.807) is 0 Å². The first kappa shape index (κ1) is 22.3. The number of rotatable bonds is 9. The standard InChI is InChI=1S/C24H37NO3S/c1-2-3-17-27-24(26)25-15-13-21(14-16-25)19-29-23-11-9-22(10-12-23)28-18-20-7-5-4-6-8-20/h9-12,20-21H,2-8,13-19H2,1H3. The Balaban J connectivity index is 1.31. The lowest BCUT2D eigenvalue weighted by molar-refractivity contribution is 0.0885. The van der Waals surface area contributed by atoms with Gasteiger partial charge in [-0.2, -0.15) is 0 Å². The molecule has 1 aromatic rings. The summed E-state index contributed by atoms with van der Waals surface area (Å²) >= 11 is 1.92. The second-order valence-corrected chi connectivity index (χ2v) is 9.59. The van der Waals surface area contributed by atoms with E-state index in [-0.39, 0.29) is 6.09 Å². The highest BCUT2D eigenvalue weighted by molar-refractivity contribution is 7.99. The molecule has 0 atom stereocenters. The molecule has 1 aliphatic carbocycles. The van der Waals surface area contributed by atoms with Gasteiger partial charge in [-0.1, -0.05) is 32.6 Å². The quantitative estimate of drug-likeness (QED) is 0.343. The lowest BCUT2D eigenvalue weighted by atomic mass is 9.90. The normalized spacial score (nSPS) is 18.6. The summed E-state index contributed by atoms with van der Waals surface area (Å²) in [5, 5.41) is 0. The zero-order valence-corrected chi connectivity index (χ0v) is 18.8. The number of likely N-dealkylation sites (tertiary alicyclic amines) is 1. The van der Waals surface area contributed by atoms with Gasteiger partial charge in [0, 0.05) is 23.7 Å². The minimum atomic E-state index is -0.131. The Bertz CT molecular complexity index is 593. The van der Waals surface area contributed by atoms with Gasteiger partial charge in [0.05, 0.1) is 13.2 Å². The first-order valence-electron chi connectivity index (χ1n) is 11.5. The van der Waals surface area contributed by atoms with Crippen molar-refractivity contribution in [2.45, 2.75) is 69.6 Å². The Labute approximate surface area is 180 Å². The van der Waals surface area contributed by atoms with Crippen molar-refractivity contribution < 1.29 is 14.3 Å². The molecule has 29 heavy (non-hydrogen) atoms. The SMILES string of the molecule is CCCCOC(=O)N1CCC(CSc2ccc(OCC3CCCCC3)cc2)CC1. The fourth-order valence-electron chi connectivity index (χ4n) is 4.09. The number of hydrogen-bond acceptors (Lipinski definition) is 4. The van der Waals surface area contributed by atoms with Crippen LogP contribution in [0.25, 0.3) is 0 Å². The summed E-state index contributed by atoms with van der Waals surface area (Å²) in [5.74, 6) is 3.52. The van der Waals surface area contributed by atoms with Crippen molar-refractivity contribution in [2.24, 2.45) is 11.8 Å². The molecule has 162 valence electrons. The third-order valence-corrected chi connectivity index (χ3v) is 7.36. The van der Waals surface area contributed by atoms with Crippen molar-refractivity contribution in [1.29, 1.82) is 0 Å². The van der Waals surface area contributed by atoms with E-state index >= 15 is 0 Å². The molecule has 0 bridgehead atoms. The average molecular weight is 420 g/mol. The molecule has 0 aromatic heterocycles. The van der Waals surface area contributed by atoms with Crippen molar-refractivity contribution in [3.8, 4) is 5.75 Å². The predicted octanol–water partition coefficient (Wildman–Crippen LogP) is 6.39. The molecule has 0 N–H and O–H groups in total. The van der Waals surface area contributed by atoms with Crippen LogP contribution in [0.1, 0.15) is 64.7 Å². The lowest BCUT2D eigenvalue weighted by Gasteiger charge is -2.31. The molecule has 0 spiro atoms. The maximum absolute atomic E-state index is 12.0. The van der Waals surface area contributed by atoms with E-state index in [1.807, 2.05) is 16.7 Å². The van der Waals surface area contributed by atoms with Gasteiger partial charge in [0.2, 0.25) is 0 Å². The third-order valence-electron chi connectivity index (χ3n) is 6.12. The Morgan fingerprint density at radius 2 is 1.76 bits per heavy atom. The van der Waals surface area contributed by atoms with Crippen molar-refractivity contribution in [3.05, 3.63) is 24.3 Å². The summed E-state index contributed by atoms with van der Waals surface area (Å²) in [5.41, 5.74) is 0. The number of benzene rings is 1. The molecule has 2 aliphatic rings. The Morgan fingerprint density at radius 1 is 1.03 bits per heavy atom. The maximum Gasteiger partial charge on any atom is 0.409 e. The molecule has 1 aliphatic heterocycles. The third kappa shape index (κ3) is 7.76. The highest BCUT2D eigenvalue weighted by atomic mass is 32.2. The first-order valence-corrected chi connectivity index (χ1v) is 12.5. The molecule has 1 heterocycles. The highest BCUT2D eigenvalue weighted by Crippen LogP contribution is 2.29. The predicted molar refractivity (Wildman–Crippen MR) is 120 cm³/mol. The van der Waals surface area contributed by atoms with Crippen LogP contribution in [0.2, 0.25) is 0 Å². The molecule has 1 saturated carbocycles. The first-order chi connectivity index (χ1) is 14.2. The van der Waals surface area contributed by atoms with Gasteiger partial charge in [-0.05, 0) is 68.2 Å². The van der Waals surface area contributed by atoms with E-state index in [9.17, 15) is 4.79 Å². The van der Waals surface area contributed by atoms with E-state index in [1.165, 1.54) is 37.0 Å². The van der Waals surface area contributed by atoms with Crippen LogP contribution in [-0.2, 0) is 4.74 Å². The van der Waals surface area contributed by atoms with Crippen LogP contribution in [-0.4, -0.2) is 43.0 Å². The molecule has 5 heteroatoms. The smallest absolute Gasteiger partial charge is 0.409 e. The van der Waals surface area contributed by atoms with E-state index < -0.39 is 0 Å². The molecule has 2 fully saturated rings. The minimum absolute atomic E-state index is 0.131. The summed E-state index contributed by atoms with van der Waals surface area (Å²) in [7, 11) is 0.